The maximum Gasteiger partial charge on any atom is 0.182 e. The third-order valence-electron chi connectivity index (χ3n) is 4.35. The molecule has 140 valence electrons. The summed E-state index contributed by atoms with van der Waals surface area (Å²) in [6.45, 7) is 3.02. The number of ether oxygens (including phenoxy) is 3. The van der Waals surface area contributed by atoms with Crippen molar-refractivity contribution in [3.05, 3.63) is 36.5 Å². The van der Waals surface area contributed by atoms with Crippen LogP contribution in [0.25, 0.3) is 11.2 Å². The Labute approximate surface area is 157 Å². The SMILES string of the molecule is COc1cc(Nc2ccc3ncc(N4CCOCC4)nc3n2)cc(OC)c1. The first-order valence-corrected chi connectivity index (χ1v) is 8.72. The Bertz CT molecular complexity index is 922. The molecule has 0 saturated carbocycles. The number of hydrogen-bond acceptors (Lipinski definition) is 8. The molecule has 27 heavy (non-hydrogen) atoms. The summed E-state index contributed by atoms with van der Waals surface area (Å²) >= 11 is 0. The predicted octanol–water partition coefficient (Wildman–Crippen LogP) is 2.62. The molecule has 8 heteroatoms. The van der Waals surface area contributed by atoms with E-state index in [2.05, 4.69) is 25.2 Å². The van der Waals surface area contributed by atoms with Gasteiger partial charge < -0.3 is 24.4 Å². The number of morpholine rings is 1. The van der Waals surface area contributed by atoms with Crippen LogP contribution < -0.4 is 19.7 Å². The van der Waals surface area contributed by atoms with Crippen molar-refractivity contribution in [2.24, 2.45) is 0 Å². The van der Waals surface area contributed by atoms with E-state index in [1.807, 2.05) is 30.3 Å². The fourth-order valence-electron chi connectivity index (χ4n) is 2.93. The van der Waals surface area contributed by atoms with Gasteiger partial charge in [-0.05, 0) is 12.1 Å². The standard InChI is InChI=1S/C19H21N5O3/c1-25-14-9-13(10-15(11-14)26-2)21-17-4-3-16-19(22-17)23-18(12-20-16)24-5-7-27-8-6-24/h3-4,9-12H,5-8H2,1-2H3,(H,21,22,23). The molecule has 0 aliphatic carbocycles. The van der Waals surface area contributed by atoms with E-state index in [1.165, 1.54) is 0 Å². The average molecular weight is 367 g/mol. The van der Waals surface area contributed by atoms with Crippen LogP contribution in [0.4, 0.5) is 17.3 Å². The summed E-state index contributed by atoms with van der Waals surface area (Å²) < 4.78 is 16.0. The maximum absolute atomic E-state index is 5.40. The molecular formula is C19H21N5O3. The van der Waals surface area contributed by atoms with E-state index >= 15 is 0 Å². The molecule has 1 fully saturated rings. The molecule has 8 nitrogen and oxygen atoms in total. The highest BCUT2D eigenvalue weighted by Gasteiger charge is 2.14. The summed E-state index contributed by atoms with van der Waals surface area (Å²) in [6, 6.07) is 9.35. The molecular weight excluding hydrogens is 346 g/mol. The third-order valence-corrected chi connectivity index (χ3v) is 4.35. The van der Waals surface area contributed by atoms with E-state index < -0.39 is 0 Å². The number of aromatic nitrogens is 3. The summed E-state index contributed by atoms with van der Waals surface area (Å²) in [4.78, 5) is 15.9. The molecule has 0 atom stereocenters. The number of rotatable bonds is 5. The van der Waals surface area contributed by atoms with Crippen LogP contribution in [0, 0.1) is 0 Å². The molecule has 4 rings (SSSR count). The lowest BCUT2D eigenvalue weighted by Crippen LogP contribution is -2.36. The molecule has 0 spiro atoms. The van der Waals surface area contributed by atoms with E-state index in [1.54, 1.807) is 20.4 Å². The maximum atomic E-state index is 5.40. The van der Waals surface area contributed by atoms with Crippen molar-refractivity contribution in [1.82, 2.24) is 15.0 Å². The number of anilines is 3. The normalized spacial score (nSPS) is 14.2. The molecule has 0 bridgehead atoms. The third kappa shape index (κ3) is 3.85. The minimum atomic E-state index is 0.596. The van der Waals surface area contributed by atoms with Crippen LogP contribution in [0.3, 0.4) is 0 Å². The van der Waals surface area contributed by atoms with Crippen molar-refractivity contribution >= 4 is 28.5 Å². The van der Waals surface area contributed by atoms with E-state index in [9.17, 15) is 0 Å². The molecule has 0 radical (unpaired) electrons. The topological polar surface area (TPSA) is 81.6 Å². The number of fused-ring (bicyclic) bond motifs is 1. The first kappa shape index (κ1) is 17.3. The largest absolute Gasteiger partial charge is 0.497 e. The lowest BCUT2D eigenvalue weighted by Gasteiger charge is -2.27. The average Bonchev–Trinajstić information content (AvgIpc) is 2.73. The van der Waals surface area contributed by atoms with Crippen molar-refractivity contribution in [3.8, 4) is 11.5 Å². The molecule has 3 heterocycles. The number of hydrogen-bond donors (Lipinski definition) is 1. The summed E-state index contributed by atoms with van der Waals surface area (Å²) in [5, 5.41) is 3.27. The molecule has 3 aromatic rings. The van der Waals surface area contributed by atoms with E-state index in [4.69, 9.17) is 14.2 Å². The first-order valence-electron chi connectivity index (χ1n) is 8.72. The van der Waals surface area contributed by atoms with Gasteiger partial charge in [-0.15, -0.1) is 0 Å². The minimum absolute atomic E-state index is 0.596. The van der Waals surface area contributed by atoms with Crippen LogP contribution in [-0.2, 0) is 4.74 Å². The van der Waals surface area contributed by atoms with Gasteiger partial charge in [0.1, 0.15) is 28.7 Å². The monoisotopic (exact) mass is 367 g/mol. The Morgan fingerprint density at radius 2 is 1.74 bits per heavy atom. The molecule has 0 amide bonds. The van der Waals surface area contributed by atoms with Crippen molar-refractivity contribution < 1.29 is 14.2 Å². The minimum Gasteiger partial charge on any atom is -0.497 e. The highest BCUT2D eigenvalue weighted by Crippen LogP contribution is 2.28. The number of pyridine rings is 1. The zero-order valence-corrected chi connectivity index (χ0v) is 15.3. The lowest BCUT2D eigenvalue weighted by molar-refractivity contribution is 0.122. The molecule has 1 N–H and O–H groups in total. The number of nitrogens with one attached hydrogen (secondary N) is 1. The fraction of sp³-hybridized carbons (Fsp3) is 0.316. The molecule has 1 saturated heterocycles. The Balaban J connectivity index is 1.62. The van der Waals surface area contributed by atoms with Crippen molar-refractivity contribution in [1.29, 1.82) is 0 Å². The first-order chi connectivity index (χ1) is 13.2. The van der Waals surface area contributed by atoms with Gasteiger partial charge in [-0.3, -0.25) is 0 Å². The highest BCUT2D eigenvalue weighted by atomic mass is 16.5. The summed E-state index contributed by atoms with van der Waals surface area (Å²) in [5.74, 6) is 2.89. The number of methoxy groups -OCH3 is 2. The summed E-state index contributed by atoms with van der Waals surface area (Å²) in [5.41, 5.74) is 2.16. The van der Waals surface area contributed by atoms with Crippen LogP contribution in [-0.4, -0.2) is 55.5 Å². The Kier molecular flexibility index (Phi) is 4.88. The van der Waals surface area contributed by atoms with Gasteiger partial charge in [-0.2, -0.15) is 0 Å². The second-order valence-electron chi connectivity index (χ2n) is 6.09. The lowest BCUT2D eigenvalue weighted by atomic mass is 10.2. The fourth-order valence-corrected chi connectivity index (χ4v) is 2.93. The van der Waals surface area contributed by atoms with Crippen LogP contribution in [0.15, 0.2) is 36.5 Å². The molecule has 0 unspecified atom stereocenters. The Morgan fingerprint density at radius 3 is 2.44 bits per heavy atom. The number of nitrogens with zero attached hydrogens (tertiary/aromatic N) is 4. The zero-order chi connectivity index (χ0) is 18.6. The van der Waals surface area contributed by atoms with Gasteiger partial charge in [0.15, 0.2) is 5.65 Å². The summed E-state index contributed by atoms with van der Waals surface area (Å²) in [6.07, 6.45) is 1.79. The number of benzene rings is 1. The van der Waals surface area contributed by atoms with Crippen molar-refractivity contribution in [3.63, 3.8) is 0 Å². The van der Waals surface area contributed by atoms with Crippen molar-refractivity contribution in [2.45, 2.75) is 0 Å². The Hall–Kier alpha value is -3.13. The quantitative estimate of drug-likeness (QED) is 0.737. The molecule has 1 aliphatic rings. The van der Waals surface area contributed by atoms with Crippen LogP contribution in [0.1, 0.15) is 0 Å². The van der Waals surface area contributed by atoms with Gasteiger partial charge in [-0.1, -0.05) is 0 Å². The second-order valence-corrected chi connectivity index (χ2v) is 6.09. The van der Waals surface area contributed by atoms with Gasteiger partial charge in [0.2, 0.25) is 0 Å². The molecule has 2 aromatic heterocycles. The summed E-state index contributed by atoms with van der Waals surface area (Å²) in [7, 11) is 3.24. The van der Waals surface area contributed by atoms with Gasteiger partial charge in [0, 0.05) is 37.0 Å². The van der Waals surface area contributed by atoms with Gasteiger partial charge in [0.25, 0.3) is 0 Å². The van der Waals surface area contributed by atoms with Gasteiger partial charge >= 0.3 is 0 Å². The van der Waals surface area contributed by atoms with E-state index in [0.717, 1.165) is 30.1 Å². The smallest absolute Gasteiger partial charge is 0.182 e. The van der Waals surface area contributed by atoms with Crippen LogP contribution in [0.5, 0.6) is 11.5 Å². The van der Waals surface area contributed by atoms with E-state index in [0.29, 0.717) is 36.2 Å². The van der Waals surface area contributed by atoms with Gasteiger partial charge in [0.05, 0.1) is 33.6 Å². The molecule has 1 aromatic carbocycles. The molecule has 1 aliphatic heterocycles. The second kappa shape index (κ2) is 7.63. The van der Waals surface area contributed by atoms with Gasteiger partial charge in [-0.25, -0.2) is 15.0 Å². The zero-order valence-electron chi connectivity index (χ0n) is 15.3. The van der Waals surface area contributed by atoms with Crippen molar-refractivity contribution in [2.75, 3.05) is 50.7 Å². The van der Waals surface area contributed by atoms with Crippen LogP contribution in [0.2, 0.25) is 0 Å². The Morgan fingerprint density at radius 1 is 1.00 bits per heavy atom. The highest BCUT2D eigenvalue weighted by molar-refractivity contribution is 5.75. The predicted molar refractivity (Wildman–Crippen MR) is 103 cm³/mol. The van der Waals surface area contributed by atoms with Crippen LogP contribution >= 0.6 is 0 Å². The van der Waals surface area contributed by atoms with E-state index in [-0.39, 0.29) is 0 Å².